The Balaban J connectivity index is 1.71. The van der Waals surface area contributed by atoms with Crippen LogP contribution in [0.3, 0.4) is 0 Å². The maximum absolute atomic E-state index is 5.61. The molecule has 4 rings (SSSR count). The van der Waals surface area contributed by atoms with E-state index in [0.717, 1.165) is 40.9 Å². The molecule has 4 nitrogen and oxygen atoms in total. The summed E-state index contributed by atoms with van der Waals surface area (Å²) in [6.07, 6.45) is 2.72. The van der Waals surface area contributed by atoms with Crippen LogP contribution in [0.4, 0.5) is 5.82 Å². The molecule has 0 radical (unpaired) electrons. The lowest BCUT2D eigenvalue weighted by atomic mass is 10.1. The number of hydrogen-bond acceptors (Lipinski definition) is 5. The monoisotopic (exact) mass is 360 g/mol. The molecule has 0 unspecified atom stereocenters. The topological polar surface area (TPSA) is 63.8 Å². The Labute approximate surface area is 156 Å². The number of nitrogens with two attached hydrogens (primary N) is 1. The maximum atomic E-state index is 5.61. The molecule has 3 heterocycles. The van der Waals surface area contributed by atoms with Gasteiger partial charge in [0.05, 0.1) is 11.2 Å². The molecule has 0 spiro atoms. The van der Waals surface area contributed by atoms with Crippen LogP contribution in [0.15, 0.2) is 66.2 Å². The van der Waals surface area contributed by atoms with Crippen LogP contribution < -0.4 is 11.1 Å². The zero-order valence-electron chi connectivity index (χ0n) is 14.4. The Kier molecular flexibility index (Phi) is 4.91. The molecule has 0 aliphatic carbocycles. The fourth-order valence-corrected chi connectivity index (χ4v) is 3.65. The Hall–Kier alpha value is -2.76. The second-order valence-electron chi connectivity index (χ2n) is 6.05. The highest BCUT2D eigenvalue weighted by atomic mass is 32.1. The molecular weight excluding hydrogens is 340 g/mol. The summed E-state index contributed by atoms with van der Waals surface area (Å²) in [7, 11) is 0. The summed E-state index contributed by atoms with van der Waals surface area (Å²) in [5.41, 5.74) is 9.78. The zero-order valence-corrected chi connectivity index (χ0v) is 15.2. The lowest BCUT2D eigenvalue weighted by Gasteiger charge is -2.11. The summed E-state index contributed by atoms with van der Waals surface area (Å²) >= 11 is 1.75. The standard InChI is InChI=1S/C21H20N4S/c22-10-3-12-24-21-17-4-1-11-23-19(17)14-18(25-21)15-6-8-16(9-7-15)20-5-2-13-26-20/h1-2,4-9,11,13-14H,3,10,12,22H2,(H,24,25). The number of nitrogens with zero attached hydrogens (tertiary/aromatic N) is 2. The first-order chi connectivity index (χ1) is 12.8. The lowest BCUT2D eigenvalue weighted by molar-refractivity contribution is 0.871. The van der Waals surface area contributed by atoms with Gasteiger partial charge in [-0.1, -0.05) is 30.3 Å². The molecule has 1 aromatic carbocycles. The zero-order chi connectivity index (χ0) is 17.8. The smallest absolute Gasteiger partial charge is 0.136 e. The summed E-state index contributed by atoms with van der Waals surface area (Å²) in [5, 5.41) is 6.53. The van der Waals surface area contributed by atoms with Gasteiger partial charge >= 0.3 is 0 Å². The Morgan fingerprint density at radius 3 is 2.62 bits per heavy atom. The van der Waals surface area contributed by atoms with E-state index in [4.69, 9.17) is 10.7 Å². The lowest BCUT2D eigenvalue weighted by Crippen LogP contribution is -2.10. The Bertz CT molecular complexity index is 994. The molecule has 0 saturated carbocycles. The Morgan fingerprint density at radius 2 is 1.85 bits per heavy atom. The van der Waals surface area contributed by atoms with Crippen molar-refractivity contribution in [3.8, 4) is 21.7 Å². The fourth-order valence-electron chi connectivity index (χ4n) is 2.91. The van der Waals surface area contributed by atoms with Gasteiger partial charge in [-0.05, 0) is 48.2 Å². The molecule has 5 heteroatoms. The molecule has 0 fully saturated rings. The highest BCUT2D eigenvalue weighted by Crippen LogP contribution is 2.30. The summed E-state index contributed by atoms with van der Waals surface area (Å²) < 4.78 is 0. The van der Waals surface area contributed by atoms with Gasteiger partial charge in [-0.15, -0.1) is 11.3 Å². The van der Waals surface area contributed by atoms with Crippen molar-refractivity contribution in [1.29, 1.82) is 0 Å². The normalized spacial score (nSPS) is 11.0. The van der Waals surface area contributed by atoms with Crippen molar-refractivity contribution in [2.45, 2.75) is 6.42 Å². The van der Waals surface area contributed by atoms with Crippen LogP contribution in [0.5, 0.6) is 0 Å². The molecule has 3 N–H and O–H groups in total. The number of anilines is 1. The minimum Gasteiger partial charge on any atom is -0.369 e. The van der Waals surface area contributed by atoms with E-state index < -0.39 is 0 Å². The average Bonchev–Trinajstić information content (AvgIpc) is 3.23. The first-order valence-corrected chi connectivity index (χ1v) is 9.57. The predicted molar refractivity (Wildman–Crippen MR) is 110 cm³/mol. The van der Waals surface area contributed by atoms with Crippen LogP contribution in [-0.4, -0.2) is 23.1 Å². The van der Waals surface area contributed by atoms with Crippen molar-refractivity contribution in [3.63, 3.8) is 0 Å². The average molecular weight is 360 g/mol. The van der Waals surface area contributed by atoms with E-state index in [1.165, 1.54) is 10.4 Å². The van der Waals surface area contributed by atoms with E-state index in [9.17, 15) is 0 Å². The van der Waals surface area contributed by atoms with Gasteiger partial charge < -0.3 is 11.1 Å². The highest BCUT2D eigenvalue weighted by molar-refractivity contribution is 7.13. The van der Waals surface area contributed by atoms with Gasteiger partial charge in [0, 0.05) is 28.6 Å². The number of rotatable bonds is 6. The van der Waals surface area contributed by atoms with Crippen LogP contribution >= 0.6 is 11.3 Å². The number of fused-ring (bicyclic) bond motifs is 1. The van der Waals surface area contributed by atoms with E-state index >= 15 is 0 Å². The molecule has 0 aliphatic rings. The van der Waals surface area contributed by atoms with Crippen LogP contribution in [-0.2, 0) is 0 Å². The summed E-state index contributed by atoms with van der Waals surface area (Å²) in [6, 6.07) is 18.8. The van der Waals surface area contributed by atoms with Gasteiger partial charge in [0.2, 0.25) is 0 Å². The summed E-state index contributed by atoms with van der Waals surface area (Å²) in [6.45, 7) is 1.46. The molecule has 0 atom stereocenters. The van der Waals surface area contributed by atoms with Crippen molar-refractivity contribution in [2.75, 3.05) is 18.4 Å². The highest BCUT2D eigenvalue weighted by Gasteiger charge is 2.09. The van der Waals surface area contributed by atoms with Crippen molar-refractivity contribution in [3.05, 3.63) is 66.2 Å². The molecule has 0 bridgehead atoms. The van der Waals surface area contributed by atoms with Crippen molar-refractivity contribution < 1.29 is 0 Å². The molecule has 26 heavy (non-hydrogen) atoms. The van der Waals surface area contributed by atoms with E-state index in [1.807, 2.05) is 24.4 Å². The van der Waals surface area contributed by atoms with E-state index in [2.05, 4.69) is 52.1 Å². The molecule has 0 saturated heterocycles. The third-order valence-electron chi connectivity index (χ3n) is 4.26. The number of aromatic nitrogens is 2. The number of hydrogen-bond donors (Lipinski definition) is 2. The van der Waals surface area contributed by atoms with Gasteiger partial charge in [-0.25, -0.2) is 4.98 Å². The van der Waals surface area contributed by atoms with Gasteiger partial charge in [0.25, 0.3) is 0 Å². The molecule has 0 amide bonds. The molecule has 0 aliphatic heterocycles. The third kappa shape index (κ3) is 3.45. The minimum absolute atomic E-state index is 0.660. The Morgan fingerprint density at radius 1 is 1.00 bits per heavy atom. The molecule has 4 aromatic rings. The van der Waals surface area contributed by atoms with Crippen molar-refractivity contribution in [2.24, 2.45) is 5.73 Å². The second-order valence-corrected chi connectivity index (χ2v) is 7.00. The fraction of sp³-hybridized carbons (Fsp3) is 0.143. The van der Waals surface area contributed by atoms with E-state index in [0.29, 0.717) is 6.54 Å². The summed E-state index contributed by atoms with van der Waals surface area (Å²) in [4.78, 5) is 10.6. The van der Waals surface area contributed by atoms with Crippen LogP contribution in [0.2, 0.25) is 0 Å². The van der Waals surface area contributed by atoms with Gasteiger partial charge in [0.15, 0.2) is 0 Å². The van der Waals surface area contributed by atoms with Gasteiger partial charge in [-0.3, -0.25) is 4.98 Å². The predicted octanol–water partition coefficient (Wildman–Crippen LogP) is 4.79. The third-order valence-corrected chi connectivity index (χ3v) is 5.18. The van der Waals surface area contributed by atoms with Gasteiger partial charge in [0.1, 0.15) is 5.82 Å². The van der Waals surface area contributed by atoms with E-state index in [-0.39, 0.29) is 0 Å². The molecular formula is C21H20N4S. The van der Waals surface area contributed by atoms with Crippen LogP contribution in [0.25, 0.3) is 32.6 Å². The summed E-state index contributed by atoms with van der Waals surface area (Å²) in [5.74, 6) is 0.862. The maximum Gasteiger partial charge on any atom is 0.136 e. The van der Waals surface area contributed by atoms with Gasteiger partial charge in [-0.2, -0.15) is 0 Å². The van der Waals surface area contributed by atoms with Crippen LogP contribution in [0.1, 0.15) is 6.42 Å². The first kappa shape index (κ1) is 16.7. The number of pyridine rings is 2. The molecule has 3 aromatic heterocycles. The number of benzene rings is 1. The quantitative estimate of drug-likeness (QED) is 0.485. The number of nitrogens with one attached hydrogen (secondary N) is 1. The van der Waals surface area contributed by atoms with Crippen molar-refractivity contribution in [1.82, 2.24) is 9.97 Å². The molecule has 130 valence electrons. The van der Waals surface area contributed by atoms with Crippen LogP contribution in [0, 0.1) is 0 Å². The second kappa shape index (κ2) is 7.64. The number of thiophene rings is 1. The van der Waals surface area contributed by atoms with E-state index in [1.54, 1.807) is 11.3 Å². The van der Waals surface area contributed by atoms with Crippen molar-refractivity contribution >= 4 is 28.1 Å². The minimum atomic E-state index is 0.660. The first-order valence-electron chi connectivity index (χ1n) is 8.69. The SMILES string of the molecule is NCCCNc1nc(-c2ccc(-c3cccs3)cc2)cc2ncccc12. The largest absolute Gasteiger partial charge is 0.369 e.